The fraction of sp³-hybridized carbons (Fsp3) is 0.192. The molecule has 0 unspecified atom stereocenters. The van der Waals surface area contributed by atoms with Crippen LogP contribution in [0.15, 0.2) is 72.8 Å². The van der Waals surface area contributed by atoms with Crippen LogP contribution in [0, 0.1) is 5.41 Å². The van der Waals surface area contributed by atoms with E-state index in [1.807, 2.05) is 72.3 Å². The third-order valence-corrected chi connectivity index (χ3v) is 5.72. The highest BCUT2D eigenvalue weighted by atomic mass is 35.5. The van der Waals surface area contributed by atoms with Crippen LogP contribution in [0.5, 0.6) is 0 Å². The number of amides is 1. The number of aliphatic hydroxyl groups excluding tert-OH is 1. The number of fused-ring (bicyclic) bond motifs is 1. The van der Waals surface area contributed by atoms with Crippen molar-refractivity contribution in [3.63, 3.8) is 0 Å². The summed E-state index contributed by atoms with van der Waals surface area (Å²) in [6, 6.07) is 22.4. The molecule has 8 nitrogen and oxygen atoms in total. The average molecular weight is 493 g/mol. The lowest BCUT2D eigenvalue weighted by Crippen LogP contribution is -2.32. The molecule has 0 aliphatic rings. The van der Waals surface area contributed by atoms with Gasteiger partial charge in [-0.2, -0.15) is 0 Å². The van der Waals surface area contributed by atoms with Crippen molar-refractivity contribution in [3.8, 4) is 0 Å². The van der Waals surface area contributed by atoms with Gasteiger partial charge in [0.25, 0.3) is 5.91 Å². The molecule has 0 saturated carbocycles. The summed E-state index contributed by atoms with van der Waals surface area (Å²) in [5.74, 6) is 0.738. The number of aromatic nitrogens is 2. The number of carbonyl (C=O) groups excluding carboxylic acids is 1. The van der Waals surface area contributed by atoms with Crippen LogP contribution in [0.4, 0.5) is 11.4 Å². The highest BCUT2D eigenvalue weighted by Crippen LogP contribution is 2.22. The zero-order valence-corrected chi connectivity index (χ0v) is 20.3. The number of nitrogens with one attached hydrogen (secondary N) is 2. The summed E-state index contributed by atoms with van der Waals surface area (Å²) in [6.45, 7) is 0.946. The smallest absolute Gasteiger partial charge is 0.258 e. The lowest BCUT2D eigenvalue weighted by Gasteiger charge is -2.22. The topological polar surface area (TPSA) is 120 Å². The maximum Gasteiger partial charge on any atom is 0.258 e. The first kappa shape index (κ1) is 25.7. The van der Waals surface area contributed by atoms with Gasteiger partial charge in [-0.05, 0) is 61.0 Å². The molecule has 9 heteroatoms. The van der Waals surface area contributed by atoms with Gasteiger partial charge in [0.15, 0.2) is 0 Å². The van der Waals surface area contributed by atoms with Crippen LogP contribution in [-0.4, -0.2) is 39.6 Å². The van der Waals surface area contributed by atoms with Crippen LogP contribution in [-0.2, 0) is 13.6 Å². The Morgan fingerprint density at radius 3 is 2.43 bits per heavy atom. The predicted molar refractivity (Wildman–Crippen MR) is 143 cm³/mol. The number of anilines is 2. The van der Waals surface area contributed by atoms with Gasteiger partial charge in [0.1, 0.15) is 11.7 Å². The van der Waals surface area contributed by atoms with E-state index in [1.165, 1.54) is 0 Å². The van der Waals surface area contributed by atoms with E-state index in [-0.39, 0.29) is 30.8 Å². The second-order valence-electron chi connectivity index (χ2n) is 8.00. The van der Waals surface area contributed by atoms with Gasteiger partial charge in [0.2, 0.25) is 0 Å². The van der Waals surface area contributed by atoms with Crippen molar-refractivity contribution in [2.24, 2.45) is 12.8 Å². The molecule has 0 aliphatic carbocycles. The third-order valence-electron chi connectivity index (χ3n) is 5.72. The number of para-hydroxylation sites is 1. The van der Waals surface area contributed by atoms with Crippen molar-refractivity contribution in [2.45, 2.75) is 13.0 Å². The Balaban J connectivity index is 0.00000342. The van der Waals surface area contributed by atoms with Crippen molar-refractivity contribution in [1.29, 1.82) is 5.41 Å². The molecule has 0 radical (unpaired) electrons. The highest BCUT2D eigenvalue weighted by molar-refractivity contribution is 6.07. The Morgan fingerprint density at radius 2 is 1.77 bits per heavy atom. The summed E-state index contributed by atoms with van der Waals surface area (Å²) in [6.07, 6.45) is 0.496. The molecule has 4 aromatic rings. The normalized spacial score (nSPS) is 10.6. The minimum absolute atomic E-state index is 0. The molecule has 0 aliphatic heterocycles. The lowest BCUT2D eigenvalue weighted by atomic mass is 10.1. The highest BCUT2D eigenvalue weighted by Gasteiger charge is 2.19. The van der Waals surface area contributed by atoms with Crippen molar-refractivity contribution >= 4 is 46.6 Å². The molecule has 1 heterocycles. The summed E-state index contributed by atoms with van der Waals surface area (Å²) < 4.78 is 2.00. The Morgan fingerprint density at radius 1 is 1.09 bits per heavy atom. The Labute approximate surface area is 210 Å². The molecule has 1 aromatic heterocycles. The van der Waals surface area contributed by atoms with E-state index < -0.39 is 0 Å². The van der Waals surface area contributed by atoms with E-state index in [1.54, 1.807) is 17.0 Å². The molecule has 0 bridgehead atoms. The number of nitrogens with zero attached hydrogens (tertiary/aromatic N) is 3. The molecule has 182 valence electrons. The Kier molecular flexibility index (Phi) is 8.46. The number of rotatable bonds is 9. The summed E-state index contributed by atoms with van der Waals surface area (Å²) >= 11 is 0. The first-order chi connectivity index (χ1) is 16.5. The number of hydrogen-bond donors (Lipinski definition) is 4. The second-order valence-corrected chi connectivity index (χ2v) is 8.00. The minimum atomic E-state index is -0.127. The van der Waals surface area contributed by atoms with Crippen LogP contribution >= 0.6 is 12.4 Å². The van der Waals surface area contributed by atoms with Gasteiger partial charge in [-0.25, -0.2) is 4.98 Å². The number of nitrogens with two attached hydrogens (primary N) is 1. The summed E-state index contributed by atoms with van der Waals surface area (Å²) in [7, 11) is 1.95. The standard InChI is InChI=1S/C26H28N6O2.ClH/c1-31-23-13-10-19(26(34)32(14-5-15-33)21-6-3-2-4-7-21)16-22(23)30-24(31)17-29-20-11-8-18(9-12-20)25(27)28;/h2-4,6-13,16,29,33H,5,14-15,17H2,1H3,(H3,27,28);1H. The minimum Gasteiger partial charge on any atom is -0.396 e. The summed E-state index contributed by atoms with van der Waals surface area (Å²) in [5, 5.41) is 20.1. The van der Waals surface area contributed by atoms with E-state index in [4.69, 9.17) is 16.1 Å². The summed E-state index contributed by atoms with van der Waals surface area (Å²) in [4.78, 5) is 19.8. The van der Waals surface area contributed by atoms with Crippen LogP contribution in [0.1, 0.15) is 28.2 Å². The largest absolute Gasteiger partial charge is 0.396 e. The Bertz CT molecular complexity index is 1300. The molecule has 3 aromatic carbocycles. The van der Waals surface area contributed by atoms with Gasteiger partial charge in [-0.3, -0.25) is 10.2 Å². The molecule has 0 spiro atoms. The molecule has 0 fully saturated rings. The average Bonchev–Trinajstić information content (AvgIpc) is 3.18. The number of carbonyl (C=O) groups is 1. The SMILES string of the molecule is Cl.Cn1c(CNc2ccc(C(=N)N)cc2)nc2cc(C(=O)N(CCCO)c3ccccc3)ccc21. The number of nitrogen functional groups attached to an aromatic ring is 1. The van der Waals surface area contributed by atoms with Crippen molar-refractivity contribution in [1.82, 2.24) is 9.55 Å². The zero-order chi connectivity index (χ0) is 24.1. The predicted octanol–water partition coefficient (Wildman–Crippen LogP) is 3.92. The summed E-state index contributed by atoms with van der Waals surface area (Å²) in [5.41, 5.74) is 10.1. The maximum absolute atomic E-state index is 13.3. The molecule has 0 atom stereocenters. The monoisotopic (exact) mass is 492 g/mol. The van der Waals surface area contributed by atoms with Gasteiger partial charge in [-0.1, -0.05) is 18.2 Å². The second kappa shape index (κ2) is 11.5. The number of amidine groups is 1. The van der Waals surface area contributed by atoms with Gasteiger partial charge >= 0.3 is 0 Å². The van der Waals surface area contributed by atoms with E-state index in [0.717, 1.165) is 28.2 Å². The van der Waals surface area contributed by atoms with Gasteiger partial charge in [0.05, 0.1) is 17.6 Å². The van der Waals surface area contributed by atoms with Gasteiger partial charge < -0.3 is 25.6 Å². The van der Waals surface area contributed by atoms with E-state index >= 15 is 0 Å². The first-order valence-corrected chi connectivity index (χ1v) is 11.1. The lowest BCUT2D eigenvalue weighted by molar-refractivity contribution is 0.0985. The van der Waals surface area contributed by atoms with Crippen LogP contribution in [0.3, 0.4) is 0 Å². The third kappa shape index (κ3) is 5.79. The quantitative estimate of drug-likeness (QED) is 0.208. The molecular weight excluding hydrogens is 464 g/mol. The molecule has 1 amide bonds. The first-order valence-electron chi connectivity index (χ1n) is 11.1. The number of imidazole rings is 1. The number of aliphatic hydroxyl groups is 1. The number of aryl methyl sites for hydroxylation is 1. The number of hydrogen-bond acceptors (Lipinski definition) is 5. The maximum atomic E-state index is 13.3. The van der Waals surface area contributed by atoms with Crippen LogP contribution < -0.4 is 16.0 Å². The number of benzene rings is 3. The zero-order valence-electron chi connectivity index (χ0n) is 19.4. The molecule has 4 rings (SSSR count). The van der Waals surface area contributed by atoms with Crippen molar-refractivity contribution < 1.29 is 9.90 Å². The van der Waals surface area contributed by atoms with Gasteiger partial charge in [0, 0.05) is 42.7 Å². The fourth-order valence-electron chi connectivity index (χ4n) is 3.83. The van der Waals surface area contributed by atoms with Crippen LogP contribution in [0.2, 0.25) is 0 Å². The van der Waals surface area contributed by atoms with E-state index in [9.17, 15) is 9.90 Å². The molecule has 5 N–H and O–H groups in total. The fourth-order valence-corrected chi connectivity index (χ4v) is 3.83. The number of halogens is 1. The van der Waals surface area contributed by atoms with Crippen molar-refractivity contribution in [2.75, 3.05) is 23.4 Å². The van der Waals surface area contributed by atoms with Crippen LogP contribution in [0.25, 0.3) is 11.0 Å². The van der Waals surface area contributed by atoms with E-state index in [0.29, 0.717) is 30.6 Å². The van der Waals surface area contributed by atoms with Crippen molar-refractivity contribution in [3.05, 3.63) is 89.7 Å². The van der Waals surface area contributed by atoms with Gasteiger partial charge in [-0.15, -0.1) is 12.4 Å². The Hall–Kier alpha value is -3.88. The molecule has 0 saturated heterocycles. The molecular formula is C26H29ClN6O2. The molecule has 35 heavy (non-hydrogen) atoms. The van der Waals surface area contributed by atoms with E-state index in [2.05, 4.69) is 5.32 Å².